The number of hydrogen-bond acceptors (Lipinski definition) is 2. The molecule has 16 heavy (non-hydrogen) atoms. The molecular formula is C13H17NO2. The molecule has 0 spiro atoms. The summed E-state index contributed by atoms with van der Waals surface area (Å²) in [5.74, 6) is 0.744. The summed E-state index contributed by atoms with van der Waals surface area (Å²) in [6.45, 7) is 1.18. The summed E-state index contributed by atoms with van der Waals surface area (Å²) < 4.78 is 4.89. The van der Waals surface area contributed by atoms with Crippen LogP contribution in [-0.4, -0.2) is 26.2 Å². The molecule has 1 saturated carbocycles. The number of ether oxygens (including phenoxy) is 1. The van der Waals surface area contributed by atoms with Gasteiger partial charge in [0, 0.05) is 19.6 Å². The fourth-order valence-corrected chi connectivity index (χ4v) is 1.96. The maximum absolute atomic E-state index is 11.7. The van der Waals surface area contributed by atoms with Crippen molar-refractivity contribution in [1.29, 1.82) is 0 Å². The number of carbonyl (C=O) groups is 1. The SMILES string of the molecule is COCCNC(=O)[C@H]1C[C@@H]1c1ccccc1. The Hall–Kier alpha value is -1.35. The monoisotopic (exact) mass is 219 g/mol. The Morgan fingerprint density at radius 1 is 1.44 bits per heavy atom. The largest absolute Gasteiger partial charge is 0.383 e. The number of carbonyl (C=O) groups excluding carboxylic acids is 1. The third-order valence-electron chi connectivity index (χ3n) is 2.96. The first kappa shape index (κ1) is 11.1. The van der Waals surface area contributed by atoms with Crippen LogP contribution in [0.15, 0.2) is 30.3 Å². The zero-order valence-electron chi connectivity index (χ0n) is 9.48. The third kappa shape index (κ3) is 2.61. The molecule has 1 aliphatic rings. The topological polar surface area (TPSA) is 38.3 Å². The fraction of sp³-hybridized carbons (Fsp3) is 0.462. The van der Waals surface area contributed by atoms with Gasteiger partial charge >= 0.3 is 0 Å². The number of amides is 1. The quantitative estimate of drug-likeness (QED) is 0.763. The maximum atomic E-state index is 11.7. The van der Waals surface area contributed by atoms with Gasteiger partial charge in [0.05, 0.1) is 6.61 Å². The van der Waals surface area contributed by atoms with Crippen LogP contribution < -0.4 is 5.32 Å². The number of benzene rings is 1. The molecule has 1 aromatic carbocycles. The molecule has 0 aromatic heterocycles. The Labute approximate surface area is 95.8 Å². The van der Waals surface area contributed by atoms with Gasteiger partial charge in [-0.3, -0.25) is 4.79 Å². The molecule has 1 N–H and O–H groups in total. The van der Waals surface area contributed by atoms with Crippen LogP contribution in [0.5, 0.6) is 0 Å². The van der Waals surface area contributed by atoms with Crippen molar-refractivity contribution in [3.05, 3.63) is 35.9 Å². The molecule has 1 aliphatic carbocycles. The average molecular weight is 219 g/mol. The van der Waals surface area contributed by atoms with E-state index >= 15 is 0 Å². The summed E-state index contributed by atoms with van der Waals surface area (Å²) in [6, 6.07) is 10.2. The number of nitrogens with one attached hydrogen (secondary N) is 1. The normalized spacial score (nSPS) is 22.8. The molecule has 1 fully saturated rings. The second-order valence-electron chi connectivity index (χ2n) is 4.14. The van der Waals surface area contributed by atoms with E-state index in [2.05, 4.69) is 17.4 Å². The molecule has 1 amide bonds. The molecule has 1 aromatic rings. The highest BCUT2D eigenvalue weighted by Crippen LogP contribution is 2.47. The summed E-state index contributed by atoms with van der Waals surface area (Å²) in [5, 5.41) is 2.88. The Kier molecular flexibility index (Phi) is 3.57. The van der Waals surface area contributed by atoms with Crippen molar-refractivity contribution in [2.45, 2.75) is 12.3 Å². The van der Waals surface area contributed by atoms with Gasteiger partial charge < -0.3 is 10.1 Å². The average Bonchev–Trinajstić information content (AvgIpc) is 3.10. The van der Waals surface area contributed by atoms with Crippen molar-refractivity contribution in [2.24, 2.45) is 5.92 Å². The highest BCUT2D eigenvalue weighted by molar-refractivity contribution is 5.82. The van der Waals surface area contributed by atoms with E-state index in [-0.39, 0.29) is 11.8 Å². The first-order chi connectivity index (χ1) is 7.83. The van der Waals surface area contributed by atoms with Gasteiger partial charge in [0.2, 0.25) is 5.91 Å². The van der Waals surface area contributed by atoms with Gasteiger partial charge in [0.1, 0.15) is 0 Å². The first-order valence-corrected chi connectivity index (χ1v) is 5.64. The minimum atomic E-state index is 0.158. The molecule has 2 rings (SSSR count). The van der Waals surface area contributed by atoms with Crippen molar-refractivity contribution in [2.75, 3.05) is 20.3 Å². The zero-order chi connectivity index (χ0) is 11.4. The van der Waals surface area contributed by atoms with Crippen LogP contribution in [-0.2, 0) is 9.53 Å². The summed E-state index contributed by atoms with van der Waals surface area (Å²) in [5.41, 5.74) is 1.27. The van der Waals surface area contributed by atoms with Crippen molar-refractivity contribution in [3.63, 3.8) is 0 Å². The third-order valence-corrected chi connectivity index (χ3v) is 2.96. The Bertz CT molecular complexity index is 350. The first-order valence-electron chi connectivity index (χ1n) is 5.64. The molecule has 0 unspecified atom stereocenters. The molecule has 0 radical (unpaired) electrons. The Balaban J connectivity index is 1.80. The van der Waals surface area contributed by atoms with E-state index in [0.717, 1.165) is 6.42 Å². The zero-order valence-corrected chi connectivity index (χ0v) is 9.48. The van der Waals surface area contributed by atoms with Crippen LogP contribution in [0.1, 0.15) is 17.9 Å². The summed E-state index contributed by atoms with van der Waals surface area (Å²) in [6.07, 6.45) is 0.975. The van der Waals surface area contributed by atoms with E-state index < -0.39 is 0 Å². The Morgan fingerprint density at radius 3 is 2.88 bits per heavy atom. The lowest BCUT2D eigenvalue weighted by Gasteiger charge is -2.03. The lowest BCUT2D eigenvalue weighted by molar-refractivity contribution is -0.122. The van der Waals surface area contributed by atoms with Crippen molar-refractivity contribution in [3.8, 4) is 0 Å². The van der Waals surface area contributed by atoms with Gasteiger partial charge in [-0.2, -0.15) is 0 Å². The standard InChI is InChI=1S/C13H17NO2/c1-16-8-7-14-13(15)12-9-11(12)10-5-3-2-4-6-10/h2-6,11-12H,7-9H2,1H3,(H,14,15)/t11-,12+/m1/s1. The Morgan fingerprint density at radius 2 is 2.19 bits per heavy atom. The van der Waals surface area contributed by atoms with Crippen LogP contribution in [0.3, 0.4) is 0 Å². The lowest BCUT2D eigenvalue weighted by Crippen LogP contribution is -2.28. The van der Waals surface area contributed by atoms with Crippen LogP contribution in [0.25, 0.3) is 0 Å². The van der Waals surface area contributed by atoms with E-state index in [4.69, 9.17) is 4.74 Å². The number of rotatable bonds is 5. The summed E-state index contributed by atoms with van der Waals surface area (Å²) >= 11 is 0. The van der Waals surface area contributed by atoms with Gasteiger partial charge in [0.25, 0.3) is 0 Å². The molecule has 0 aliphatic heterocycles. The molecule has 0 saturated heterocycles. The van der Waals surface area contributed by atoms with Crippen molar-refractivity contribution < 1.29 is 9.53 Å². The summed E-state index contributed by atoms with van der Waals surface area (Å²) in [4.78, 5) is 11.7. The maximum Gasteiger partial charge on any atom is 0.223 e. The number of methoxy groups -OCH3 is 1. The van der Waals surface area contributed by atoms with Crippen LogP contribution in [0.4, 0.5) is 0 Å². The molecule has 86 valence electrons. The van der Waals surface area contributed by atoms with Crippen LogP contribution in [0.2, 0.25) is 0 Å². The molecule has 0 heterocycles. The predicted octanol–water partition coefficient (Wildman–Crippen LogP) is 1.55. The van der Waals surface area contributed by atoms with E-state index in [0.29, 0.717) is 19.1 Å². The van der Waals surface area contributed by atoms with Gasteiger partial charge in [-0.05, 0) is 17.9 Å². The smallest absolute Gasteiger partial charge is 0.223 e. The van der Waals surface area contributed by atoms with Crippen molar-refractivity contribution in [1.82, 2.24) is 5.32 Å². The second kappa shape index (κ2) is 5.12. The van der Waals surface area contributed by atoms with E-state index in [9.17, 15) is 4.79 Å². The molecule has 3 heteroatoms. The van der Waals surface area contributed by atoms with Crippen LogP contribution >= 0.6 is 0 Å². The van der Waals surface area contributed by atoms with Crippen LogP contribution in [0, 0.1) is 5.92 Å². The molecular weight excluding hydrogens is 202 g/mol. The highest BCUT2D eigenvalue weighted by Gasteiger charge is 2.43. The second-order valence-corrected chi connectivity index (χ2v) is 4.14. The van der Waals surface area contributed by atoms with E-state index in [1.165, 1.54) is 5.56 Å². The highest BCUT2D eigenvalue weighted by atomic mass is 16.5. The summed E-state index contributed by atoms with van der Waals surface area (Å²) in [7, 11) is 1.63. The predicted molar refractivity (Wildman–Crippen MR) is 62.2 cm³/mol. The molecule has 0 bridgehead atoms. The van der Waals surface area contributed by atoms with E-state index in [1.54, 1.807) is 7.11 Å². The minimum absolute atomic E-state index is 0.158. The van der Waals surface area contributed by atoms with Gasteiger partial charge in [-0.15, -0.1) is 0 Å². The molecule has 2 atom stereocenters. The lowest BCUT2D eigenvalue weighted by atomic mass is 10.1. The molecule has 3 nitrogen and oxygen atoms in total. The van der Waals surface area contributed by atoms with Gasteiger partial charge in [0.15, 0.2) is 0 Å². The van der Waals surface area contributed by atoms with E-state index in [1.807, 2.05) is 18.2 Å². The van der Waals surface area contributed by atoms with Crippen molar-refractivity contribution >= 4 is 5.91 Å². The minimum Gasteiger partial charge on any atom is -0.383 e. The number of hydrogen-bond donors (Lipinski definition) is 1. The fourth-order valence-electron chi connectivity index (χ4n) is 1.96. The van der Waals surface area contributed by atoms with Gasteiger partial charge in [-0.1, -0.05) is 30.3 Å². The van der Waals surface area contributed by atoms with Gasteiger partial charge in [-0.25, -0.2) is 0 Å².